The fraction of sp³-hybridized carbons (Fsp3) is 0.200. The molecule has 0 bridgehead atoms. The van der Waals surface area contributed by atoms with E-state index >= 15 is 0 Å². The second-order valence-corrected chi connectivity index (χ2v) is 6.46. The van der Waals surface area contributed by atoms with Gasteiger partial charge >= 0.3 is 0 Å². The summed E-state index contributed by atoms with van der Waals surface area (Å²) >= 11 is 0. The summed E-state index contributed by atoms with van der Waals surface area (Å²) < 4.78 is 27.2. The molecule has 3 aromatic rings. The Kier molecular flexibility index (Phi) is 4.35. The molecule has 1 N–H and O–H groups in total. The van der Waals surface area contributed by atoms with E-state index in [9.17, 15) is 18.4 Å². The largest absolute Gasteiger partial charge is 0.360 e. The van der Waals surface area contributed by atoms with Crippen LogP contribution < -0.4 is 0 Å². The first kappa shape index (κ1) is 17.2. The Balaban J connectivity index is 1.46. The van der Waals surface area contributed by atoms with Crippen LogP contribution in [0.3, 0.4) is 0 Å². The first-order valence-electron chi connectivity index (χ1n) is 8.64. The van der Waals surface area contributed by atoms with E-state index in [0.29, 0.717) is 18.7 Å². The lowest BCUT2D eigenvalue weighted by atomic mass is 10.1. The molecule has 2 amide bonds. The molecule has 138 valence electrons. The predicted molar refractivity (Wildman–Crippen MR) is 96.5 cm³/mol. The summed E-state index contributed by atoms with van der Waals surface area (Å²) in [6.07, 6.45) is 1.69. The molecular weight excluding hydrogens is 352 g/mol. The Morgan fingerprint density at radius 2 is 1.48 bits per heavy atom. The molecule has 0 spiro atoms. The van der Waals surface area contributed by atoms with Crippen molar-refractivity contribution < 1.29 is 18.4 Å². The number of carbonyl (C=O) groups excluding carboxylic acids is 2. The van der Waals surface area contributed by atoms with Crippen molar-refractivity contribution in [2.24, 2.45) is 0 Å². The fourth-order valence-electron chi connectivity index (χ4n) is 3.36. The van der Waals surface area contributed by atoms with Gasteiger partial charge in [-0.3, -0.25) is 9.59 Å². The molecule has 1 fully saturated rings. The molecule has 0 unspecified atom stereocenters. The molecule has 0 atom stereocenters. The van der Waals surface area contributed by atoms with Crippen LogP contribution in [0.1, 0.15) is 20.7 Å². The van der Waals surface area contributed by atoms with Gasteiger partial charge in [0.05, 0.1) is 11.1 Å². The van der Waals surface area contributed by atoms with Gasteiger partial charge in [0.25, 0.3) is 11.8 Å². The zero-order valence-electron chi connectivity index (χ0n) is 14.4. The number of halogens is 2. The van der Waals surface area contributed by atoms with Gasteiger partial charge in [0, 0.05) is 43.3 Å². The molecule has 2 aromatic carbocycles. The van der Waals surface area contributed by atoms with Crippen molar-refractivity contribution in [3.63, 3.8) is 0 Å². The number of aromatic amines is 1. The van der Waals surface area contributed by atoms with Gasteiger partial charge in [-0.2, -0.15) is 0 Å². The number of piperazine rings is 1. The number of nitrogens with zero attached hydrogens (tertiary/aromatic N) is 2. The number of fused-ring (bicyclic) bond motifs is 1. The van der Waals surface area contributed by atoms with E-state index in [2.05, 4.69) is 4.98 Å². The average Bonchev–Trinajstić information content (AvgIpc) is 3.13. The molecule has 0 saturated carbocycles. The van der Waals surface area contributed by atoms with Crippen LogP contribution in [0.25, 0.3) is 10.9 Å². The lowest BCUT2D eigenvalue weighted by Gasteiger charge is -2.34. The van der Waals surface area contributed by atoms with E-state index in [1.807, 2.05) is 24.3 Å². The first-order valence-corrected chi connectivity index (χ1v) is 8.64. The van der Waals surface area contributed by atoms with Crippen molar-refractivity contribution in [2.75, 3.05) is 26.2 Å². The lowest BCUT2D eigenvalue weighted by molar-refractivity contribution is 0.0533. The SMILES string of the molecule is O=C(c1cc(F)ccc1F)N1CCN(C(=O)c2c[nH]c3ccccc23)CC1. The minimum Gasteiger partial charge on any atom is -0.360 e. The summed E-state index contributed by atoms with van der Waals surface area (Å²) in [5.74, 6) is -2.09. The number of carbonyl (C=O) groups is 2. The lowest BCUT2D eigenvalue weighted by Crippen LogP contribution is -2.50. The van der Waals surface area contributed by atoms with Gasteiger partial charge in [0.2, 0.25) is 0 Å². The van der Waals surface area contributed by atoms with Crippen LogP contribution in [0.5, 0.6) is 0 Å². The molecule has 1 saturated heterocycles. The number of hydrogen-bond acceptors (Lipinski definition) is 2. The minimum absolute atomic E-state index is 0.114. The van der Waals surface area contributed by atoms with Crippen LogP contribution >= 0.6 is 0 Å². The standard InChI is InChI=1S/C20H17F2N3O2/c21-13-5-6-17(22)15(11-13)19(26)24-7-9-25(10-8-24)20(27)16-12-23-18-4-2-1-3-14(16)18/h1-6,11-12,23H,7-10H2. The highest BCUT2D eigenvalue weighted by Gasteiger charge is 2.28. The maximum absolute atomic E-state index is 13.8. The third kappa shape index (κ3) is 3.16. The maximum atomic E-state index is 13.8. The third-order valence-corrected chi connectivity index (χ3v) is 4.83. The quantitative estimate of drug-likeness (QED) is 0.755. The molecule has 4 rings (SSSR count). The van der Waals surface area contributed by atoms with E-state index in [1.165, 1.54) is 4.90 Å². The summed E-state index contributed by atoms with van der Waals surface area (Å²) in [4.78, 5) is 31.5. The summed E-state index contributed by atoms with van der Waals surface area (Å²) in [5.41, 5.74) is 1.18. The number of amides is 2. The molecule has 7 heteroatoms. The number of hydrogen-bond donors (Lipinski definition) is 1. The van der Waals surface area contributed by atoms with E-state index < -0.39 is 17.5 Å². The van der Waals surface area contributed by atoms with Crippen LogP contribution in [0.2, 0.25) is 0 Å². The number of H-pyrrole nitrogens is 1. The Hall–Kier alpha value is -3.22. The second kappa shape index (κ2) is 6.83. The molecule has 1 aromatic heterocycles. The van der Waals surface area contributed by atoms with Gasteiger partial charge in [0.15, 0.2) is 0 Å². The van der Waals surface area contributed by atoms with Crippen LogP contribution in [-0.4, -0.2) is 52.8 Å². The fourth-order valence-corrected chi connectivity index (χ4v) is 3.36. The average molecular weight is 369 g/mol. The number of para-hydroxylation sites is 1. The molecule has 1 aliphatic rings. The summed E-state index contributed by atoms with van der Waals surface area (Å²) in [5, 5.41) is 0.850. The van der Waals surface area contributed by atoms with Crippen molar-refractivity contribution in [1.29, 1.82) is 0 Å². The number of benzene rings is 2. The number of rotatable bonds is 2. The second-order valence-electron chi connectivity index (χ2n) is 6.46. The van der Waals surface area contributed by atoms with Crippen LogP contribution in [0.15, 0.2) is 48.7 Å². The van der Waals surface area contributed by atoms with Crippen LogP contribution in [0.4, 0.5) is 8.78 Å². The van der Waals surface area contributed by atoms with Crippen molar-refractivity contribution >= 4 is 22.7 Å². The zero-order valence-corrected chi connectivity index (χ0v) is 14.4. The highest BCUT2D eigenvalue weighted by Crippen LogP contribution is 2.21. The molecule has 5 nitrogen and oxygen atoms in total. The molecule has 0 radical (unpaired) electrons. The molecular formula is C20H17F2N3O2. The Labute approximate surface area is 154 Å². The van der Waals surface area contributed by atoms with Gasteiger partial charge in [-0.25, -0.2) is 8.78 Å². The van der Waals surface area contributed by atoms with Gasteiger partial charge in [0.1, 0.15) is 11.6 Å². The van der Waals surface area contributed by atoms with Crippen LogP contribution in [0, 0.1) is 11.6 Å². The van der Waals surface area contributed by atoms with Gasteiger partial charge < -0.3 is 14.8 Å². The highest BCUT2D eigenvalue weighted by molar-refractivity contribution is 6.06. The van der Waals surface area contributed by atoms with E-state index in [1.54, 1.807) is 11.1 Å². The molecule has 2 heterocycles. The molecule has 27 heavy (non-hydrogen) atoms. The number of nitrogens with one attached hydrogen (secondary N) is 1. The van der Waals surface area contributed by atoms with E-state index in [0.717, 1.165) is 29.1 Å². The normalized spacial score (nSPS) is 14.6. The van der Waals surface area contributed by atoms with Gasteiger partial charge in [-0.15, -0.1) is 0 Å². The summed E-state index contributed by atoms with van der Waals surface area (Å²) in [7, 11) is 0. The Morgan fingerprint density at radius 1 is 0.852 bits per heavy atom. The topological polar surface area (TPSA) is 56.4 Å². The van der Waals surface area contributed by atoms with Crippen molar-refractivity contribution in [3.8, 4) is 0 Å². The van der Waals surface area contributed by atoms with Crippen LogP contribution in [-0.2, 0) is 0 Å². The van der Waals surface area contributed by atoms with Crippen molar-refractivity contribution in [2.45, 2.75) is 0 Å². The minimum atomic E-state index is -0.751. The highest BCUT2D eigenvalue weighted by atomic mass is 19.1. The van der Waals surface area contributed by atoms with Gasteiger partial charge in [-0.1, -0.05) is 18.2 Å². The Bertz CT molecular complexity index is 1020. The molecule has 1 aliphatic heterocycles. The number of aromatic nitrogens is 1. The van der Waals surface area contributed by atoms with Gasteiger partial charge in [-0.05, 0) is 24.3 Å². The monoisotopic (exact) mass is 369 g/mol. The van der Waals surface area contributed by atoms with Crippen molar-refractivity contribution in [1.82, 2.24) is 14.8 Å². The van der Waals surface area contributed by atoms with E-state index in [4.69, 9.17) is 0 Å². The smallest absolute Gasteiger partial charge is 0.257 e. The van der Waals surface area contributed by atoms with Crippen molar-refractivity contribution in [3.05, 3.63) is 71.4 Å². The predicted octanol–water partition coefficient (Wildman–Crippen LogP) is 3.04. The zero-order chi connectivity index (χ0) is 19.0. The third-order valence-electron chi connectivity index (χ3n) is 4.83. The maximum Gasteiger partial charge on any atom is 0.257 e. The van der Waals surface area contributed by atoms with E-state index in [-0.39, 0.29) is 24.6 Å². The summed E-state index contributed by atoms with van der Waals surface area (Å²) in [6, 6.07) is 10.4. The summed E-state index contributed by atoms with van der Waals surface area (Å²) in [6.45, 7) is 1.20. The Morgan fingerprint density at radius 3 is 2.19 bits per heavy atom. The first-order chi connectivity index (χ1) is 13.0. The molecule has 0 aliphatic carbocycles.